The molecule has 0 aliphatic heterocycles. The Morgan fingerprint density at radius 1 is 1.27 bits per heavy atom. The predicted molar refractivity (Wildman–Crippen MR) is 58.4 cm³/mol. The van der Waals surface area contributed by atoms with E-state index in [1.807, 2.05) is 30.3 Å². The molecular formula is C12H10N2O. The van der Waals surface area contributed by atoms with Gasteiger partial charge in [0.1, 0.15) is 0 Å². The summed E-state index contributed by atoms with van der Waals surface area (Å²) >= 11 is 0. The number of nitrogens with one attached hydrogen (secondary N) is 1. The molecule has 2 rings (SSSR count). The lowest BCUT2D eigenvalue weighted by molar-refractivity contribution is 0.103. The Bertz CT molecular complexity index is 458. The fourth-order valence-corrected chi connectivity index (χ4v) is 1.22. The molecule has 3 heteroatoms. The molecule has 0 aliphatic rings. The highest BCUT2D eigenvalue weighted by atomic mass is 16.1. The highest BCUT2D eigenvalue weighted by Crippen LogP contribution is 2.02. The summed E-state index contributed by atoms with van der Waals surface area (Å²) in [6.45, 7) is 0. The lowest BCUT2D eigenvalue weighted by Crippen LogP contribution is -1.96. The van der Waals surface area contributed by atoms with E-state index in [2.05, 4.69) is 9.97 Å². The zero-order valence-electron chi connectivity index (χ0n) is 8.05. The highest BCUT2D eigenvalue weighted by Gasteiger charge is 2.01. The van der Waals surface area contributed by atoms with Crippen molar-refractivity contribution in [3.8, 4) is 0 Å². The average molecular weight is 198 g/mol. The van der Waals surface area contributed by atoms with Gasteiger partial charge in [-0.2, -0.15) is 0 Å². The molecule has 0 unspecified atom stereocenters. The standard InChI is InChI=1S/C12H10N2O/c15-11(12-13-8-9-14-12)7-6-10-4-2-1-3-5-10/h1-9H,(H,13,14). The first-order chi connectivity index (χ1) is 7.36. The summed E-state index contributed by atoms with van der Waals surface area (Å²) in [5.74, 6) is 0.242. The molecule has 0 spiro atoms. The summed E-state index contributed by atoms with van der Waals surface area (Å²) in [6.07, 6.45) is 6.46. The Hall–Kier alpha value is -2.16. The quantitative estimate of drug-likeness (QED) is 0.607. The number of allylic oxidation sites excluding steroid dienone is 1. The number of imidazole rings is 1. The zero-order chi connectivity index (χ0) is 10.5. The second-order valence-corrected chi connectivity index (χ2v) is 3.05. The molecule has 0 radical (unpaired) electrons. The van der Waals surface area contributed by atoms with Gasteiger partial charge in [0.25, 0.3) is 0 Å². The van der Waals surface area contributed by atoms with Gasteiger partial charge in [-0.15, -0.1) is 0 Å². The molecule has 0 aliphatic carbocycles. The number of hydrogen-bond donors (Lipinski definition) is 1. The van der Waals surface area contributed by atoms with Crippen LogP contribution in [0.3, 0.4) is 0 Å². The molecule has 0 bridgehead atoms. The number of aromatic nitrogens is 2. The molecule has 74 valence electrons. The van der Waals surface area contributed by atoms with Gasteiger partial charge >= 0.3 is 0 Å². The van der Waals surface area contributed by atoms with Gasteiger partial charge in [0.15, 0.2) is 5.82 Å². The Morgan fingerprint density at radius 2 is 2.07 bits per heavy atom. The molecular weight excluding hydrogens is 188 g/mol. The van der Waals surface area contributed by atoms with E-state index >= 15 is 0 Å². The van der Waals surface area contributed by atoms with Gasteiger partial charge in [-0.05, 0) is 11.6 Å². The van der Waals surface area contributed by atoms with Crippen molar-refractivity contribution in [3.05, 3.63) is 60.2 Å². The minimum atomic E-state index is -0.121. The fourth-order valence-electron chi connectivity index (χ4n) is 1.22. The predicted octanol–water partition coefficient (Wildman–Crippen LogP) is 2.31. The van der Waals surface area contributed by atoms with Gasteiger partial charge < -0.3 is 4.98 Å². The Morgan fingerprint density at radius 3 is 2.73 bits per heavy atom. The van der Waals surface area contributed by atoms with Gasteiger partial charge in [-0.1, -0.05) is 36.4 Å². The summed E-state index contributed by atoms with van der Waals surface area (Å²) in [4.78, 5) is 18.1. The van der Waals surface area contributed by atoms with Crippen LogP contribution in [0.4, 0.5) is 0 Å². The SMILES string of the molecule is O=C(C=Cc1ccccc1)c1ncc[nH]1. The maximum atomic E-state index is 11.5. The summed E-state index contributed by atoms with van der Waals surface area (Å²) in [5.41, 5.74) is 0.998. The number of benzene rings is 1. The van der Waals surface area contributed by atoms with E-state index in [-0.39, 0.29) is 5.78 Å². The fraction of sp³-hybridized carbons (Fsp3) is 0. The Kier molecular flexibility index (Phi) is 2.74. The van der Waals surface area contributed by atoms with Crippen LogP contribution in [-0.4, -0.2) is 15.8 Å². The van der Waals surface area contributed by atoms with Gasteiger partial charge in [0, 0.05) is 12.4 Å². The molecule has 2 aromatic rings. The highest BCUT2D eigenvalue weighted by molar-refractivity contribution is 6.04. The van der Waals surface area contributed by atoms with Crippen LogP contribution in [0, 0.1) is 0 Å². The third-order valence-corrected chi connectivity index (χ3v) is 1.96. The van der Waals surface area contributed by atoms with Crippen LogP contribution in [0.15, 0.2) is 48.8 Å². The van der Waals surface area contributed by atoms with Crippen molar-refractivity contribution in [3.63, 3.8) is 0 Å². The van der Waals surface area contributed by atoms with Crippen LogP contribution in [-0.2, 0) is 0 Å². The zero-order valence-corrected chi connectivity index (χ0v) is 8.05. The summed E-state index contributed by atoms with van der Waals surface area (Å²) in [7, 11) is 0. The van der Waals surface area contributed by atoms with Gasteiger partial charge in [0.05, 0.1) is 0 Å². The second kappa shape index (κ2) is 4.37. The van der Waals surface area contributed by atoms with Gasteiger partial charge in [-0.3, -0.25) is 4.79 Å². The first-order valence-electron chi connectivity index (χ1n) is 4.63. The Balaban J connectivity index is 2.10. The van der Waals surface area contributed by atoms with Crippen LogP contribution in [0.2, 0.25) is 0 Å². The monoisotopic (exact) mass is 198 g/mol. The minimum Gasteiger partial charge on any atom is -0.342 e. The van der Waals surface area contributed by atoms with Crippen LogP contribution >= 0.6 is 0 Å². The average Bonchev–Trinajstić information content (AvgIpc) is 2.81. The summed E-state index contributed by atoms with van der Waals surface area (Å²) < 4.78 is 0. The molecule has 0 amide bonds. The number of nitrogens with zero attached hydrogens (tertiary/aromatic N) is 1. The van der Waals surface area contributed by atoms with Crippen molar-refractivity contribution in [2.45, 2.75) is 0 Å². The van der Waals surface area contributed by atoms with Gasteiger partial charge in [0.2, 0.25) is 5.78 Å². The van der Waals surface area contributed by atoms with Crippen molar-refractivity contribution in [1.82, 2.24) is 9.97 Å². The molecule has 1 N–H and O–H groups in total. The maximum Gasteiger partial charge on any atom is 0.221 e. The van der Waals surface area contributed by atoms with Crippen LogP contribution < -0.4 is 0 Å². The third-order valence-electron chi connectivity index (χ3n) is 1.96. The van der Waals surface area contributed by atoms with Crippen molar-refractivity contribution < 1.29 is 4.79 Å². The molecule has 1 heterocycles. The molecule has 0 saturated heterocycles. The third kappa shape index (κ3) is 2.40. The number of aromatic amines is 1. The van der Waals surface area contributed by atoms with E-state index in [1.54, 1.807) is 18.5 Å². The molecule has 1 aromatic carbocycles. The van der Waals surface area contributed by atoms with Crippen molar-refractivity contribution in [1.29, 1.82) is 0 Å². The smallest absolute Gasteiger partial charge is 0.221 e. The number of carbonyl (C=O) groups is 1. The van der Waals surface area contributed by atoms with Gasteiger partial charge in [-0.25, -0.2) is 4.98 Å². The van der Waals surface area contributed by atoms with Crippen molar-refractivity contribution in [2.75, 3.05) is 0 Å². The summed E-state index contributed by atoms with van der Waals surface area (Å²) in [5, 5.41) is 0. The first-order valence-corrected chi connectivity index (χ1v) is 4.63. The second-order valence-electron chi connectivity index (χ2n) is 3.05. The largest absolute Gasteiger partial charge is 0.342 e. The van der Waals surface area contributed by atoms with Crippen LogP contribution in [0.5, 0.6) is 0 Å². The number of H-pyrrole nitrogens is 1. The Labute approximate surface area is 87.5 Å². The number of carbonyl (C=O) groups excluding carboxylic acids is 1. The molecule has 15 heavy (non-hydrogen) atoms. The number of ketones is 1. The number of hydrogen-bond acceptors (Lipinski definition) is 2. The topological polar surface area (TPSA) is 45.8 Å². The van der Waals surface area contributed by atoms with E-state index in [1.165, 1.54) is 6.08 Å². The molecule has 3 nitrogen and oxygen atoms in total. The van der Waals surface area contributed by atoms with E-state index in [0.29, 0.717) is 5.82 Å². The lowest BCUT2D eigenvalue weighted by atomic mass is 10.2. The van der Waals surface area contributed by atoms with Crippen LogP contribution in [0.1, 0.15) is 16.2 Å². The molecule has 0 atom stereocenters. The minimum absolute atomic E-state index is 0.121. The van der Waals surface area contributed by atoms with E-state index in [9.17, 15) is 4.79 Å². The maximum absolute atomic E-state index is 11.5. The molecule has 1 aromatic heterocycles. The molecule has 0 saturated carbocycles. The normalized spacial score (nSPS) is 10.7. The van der Waals surface area contributed by atoms with Crippen molar-refractivity contribution >= 4 is 11.9 Å². The first kappa shape index (κ1) is 9.40. The van der Waals surface area contributed by atoms with E-state index in [0.717, 1.165) is 5.56 Å². The van der Waals surface area contributed by atoms with E-state index < -0.39 is 0 Å². The van der Waals surface area contributed by atoms with E-state index in [4.69, 9.17) is 0 Å². The van der Waals surface area contributed by atoms with Crippen LogP contribution in [0.25, 0.3) is 6.08 Å². The van der Waals surface area contributed by atoms with Crippen molar-refractivity contribution in [2.24, 2.45) is 0 Å². The summed E-state index contributed by atoms with van der Waals surface area (Å²) in [6, 6.07) is 9.66. The lowest BCUT2D eigenvalue weighted by Gasteiger charge is -1.90. The number of rotatable bonds is 3. The molecule has 0 fully saturated rings.